The Hall–Kier alpha value is -1.26. The number of esters is 1. The van der Waals surface area contributed by atoms with Crippen molar-refractivity contribution < 1.29 is 19.1 Å². The van der Waals surface area contributed by atoms with Crippen molar-refractivity contribution in [2.45, 2.75) is 33.7 Å². The maximum Gasteiger partial charge on any atom is 0.410 e. The zero-order chi connectivity index (χ0) is 12.7. The zero-order valence-corrected chi connectivity index (χ0v) is 10.6. The Bertz CT molecular complexity index is 238. The molecule has 5 nitrogen and oxygen atoms in total. The average Bonchev–Trinajstić information content (AvgIpc) is 2.21. The molecule has 0 heterocycles. The Balaban J connectivity index is 4.30. The molecular weight excluding hydrogens is 210 g/mol. The van der Waals surface area contributed by atoms with Crippen LogP contribution in [0.15, 0.2) is 0 Å². The van der Waals surface area contributed by atoms with E-state index in [0.717, 1.165) is 0 Å². The van der Waals surface area contributed by atoms with Crippen LogP contribution < -0.4 is 0 Å². The van der Waals surface area contributed by atoms with Gasteiger partial charge in [0, 0.05) is 6.04 Å². The molecule has 1 amide bonds. The van der Waals surface area contributed by atoms with Crippen molar-refractivity contribution in [3.63, 3.8) is 0 Å². The number of carbonyl (C=O) groups is 2. The van der Waals surface area contributed by atoms with Crippen molar-refractivity contribution in [1.29, 1.82) is 0 Å². The Labute approximate surface area is 96.7 Å². The SMILES string of the molecule is COC(=O)CN(C(=O)OCC(C)C)C(C)C. The summed E-state index contributed by atoms with van der Waals surface area (Å²) < 4.78 is 9.57. The minimum Gasteiger partial charge on any atom is -0.468 e. The van der Waals surface area contributed by atoms with Crippen LogP contribution in [0.1, 0.15) is 27.7 Å². The van der Waals surface area contributed by atoms with E-state index in [1.165, 1.54) is 12.0 Å². The van der Waals surface area contributed by atoms with Crippen molar-refractivity contribution in [1.82, 2.24) is 4.90 Å². The predicted molar refractivity (Wildman–Crippen MR) is 60.0 cm³/mol. The lowest BCUT2D eigenvalue weighted by Gasteiger charge is -2.25. The lowest BCUT2D eigenvalue weighted by atomic mass is 10.2. The van der Waals surface area contributed by atoms with Gasteiger partial charge < -0.3 is 9.47 Å². The van der Waals surface area contributed by atoms with Gasteiger partial charge in [0.15, 0.2) is 0 Å². The second-order valence-electron chi connectivity index (χ2n) is 4.27. The van der Waals surface area contributed by atoms with E-state index in [1.54, 1.807) is 0 Å². The summed E-state index contributed by atoms with van der Waals surface area (Å²) in [6.07, 6.45) is -0.478. The third-order valence-corrected chi connectivity index (χ3v) is 1.93. The van der Waals surface area contributed by atoms with E-state index in [2.05, 4.69) is 4.74 Å². The first-order valence-corrected chi connectivity index (χ1v) is 5.38. The molecule has 16 heavy (non-hydrogen) atoms. The summed E-state index contributed by atoms with van der Waals surface area (Å²) >= 11 is 0. The largest absolute Gasteiger partial charge is 0.468 e. The molecule has 0 aromatic heterocycles. The molecule has 0 N–H and O–H groups in total. The van der Waals surface area contributed by atoms with Crippen LogP contribution in [-0.2, 0) is 14.3 Å². The van der Waals surface area contributed by atoms with Crippen LogP contribution in [0.3, 0.4) is 0 Å². The van der Waals surface area contributed by atoms with Crippen LogP contribution in [0.4, 0.5) is 4.79 Å². The van der Waals surface area contributed by atoms with Crippen molar-refractivity contribution in [3.8, 4) is 0 Å². The first-order valence-electron chi connectivity index (χ1n) is 5.38. The van der Waals surface area contributed by atoms with Crippen molar-refractivity contribution in [2.75, 3.05) is 20.3 Å². The average molecular weight is 231 g/mol. The highest BCUT2D eigenvalue weighted by Crippen LogP contribution is 2.04. The molecule has 0 aliphatic heterocycles. The molecule has 0 unspecified atom stereocenters. The van der Waals surface area contributed by atoms with Crippen LogP contribution in [-0.4, -0.2) is 43.3 Å². The van der Waals surface area contributed by atoms with E-state index in [9.17, 15) is 9.59 Å². The van der Waals surface area contributed by atoms with Crippen LogP contribution in [0, 0.1) is 5.92 Å². The fourth-order valence-corrected chi connectivity index (χ4v) is 0.982. The Kier molecular flexibility index (Phi) is 6.53. The number of nitrogens with zero attached hydrogens (tertiary/aromatic N) is 1. The van der Waals surface area contributed by atoms with Gasteiger partial charge in [0.2, 0.25) is 0 Å². The van der Waals surface area contributed by atoms with Crippen molar-refractivity contribution in [2.24, 2.45) is 5.92 Å². The summed E-state index contributed by atoms with van der Waals surface area (Å²) in [5.74, 6) is -0.175. The molecule has 0 rings (SSSR count). The summed E-state index contributed by atoms with van der Waals surface area (Å²) in [5, 5.41) is 0. The number of ether oxygens (including phenoxy) is 2. The van der Waals surface area contributed by atoms with Gasteiger partial charge in [-0.3, -0.25) is 9.69 Å². The Morgan fingerprint density at radius 2 is 1.75 bits per heavy atom. The van der Waals surface area contributed by atoms with Gasteiger partial charge in [0.05, 0.1) is 13.7 Å². The molecule has 0 fully saturated rings. The monoisotopic (exact) mass is 231 g/mol. The maximum atomic E-state index is 11.6. The highest BCUT2D eigenvalue weighted by Gasteiger charge is 2.21. The second kappa shape index (κ2) is 7.09. The molecular formula is C11H21NO4. The lowest BCUT2D eigenvalue weighted by molar-refractivity contribution is -0.142. The van der Waals surface area contributed by atoms with Crippen molar-refractivity contribution >= 4 is 12.1 Å². The molecule has 0 atom stereocenters. The highest BCUT2D eigenvalue weighted by molar-refractivity contribution is 5.78. The summed E-state index contributed by atoms with van der Waals surface area (Å²) in [4.78, 5) is 24.1. The first kappa shape index (κ1) is 14.7. The highest BCUT2D eigenvalue weighted by atomic mass is 16.6. The zero-order valence-electron chi connectivity index (χ0n) is 10.6. The van der Waals surface area contributed by atoms with E-state index in [-0.39, 0.29) is 18.5 Å². The normalized spacial score (nSPS) is 10.4. The van der Waals surface area contributed by atoms with Crippen LogP contribution in [0.5, 0.6) is 0 Å². The molecule has 0 aromatic rings. The minimum atomic E-state index is -0.478. The second-order valence-corrected chi connectivity index (χ2v) is 4.27. The fourth-order valence-electron chi connectivity index (χ4n) is 0.982. The molecule has 0 saturated carbocycles. The van der Waals surface area contributed by atoms with E-state index in [1.807, 2.05) is 27.7 Å². The summed E-state index contributed by atoms with van der Waals surface area (Å²) in [6, 6.07) is -0.0984. The third kappa shape index (κ3) is 5.58. The van der Waals surface area contributed by atoms with Crippen molar-refractivity contribution in [3.05, 3.63) is 0 Å². The molecule has 0 spiro atoms. The molecule has 0 aromatic carbocycles. The van der Waals surface area contributed by atoms with E-state index in [4.69, 9.17) is 4.74 Å². The third-order valence-electron chi connectivity index (χ3n) is 1.93. The number of hydrogen-bond donors (Lipinski definition) is 0. The predicted octanol–water partition coefficient (Wildman–Crippen LogP) is 1.66. The smallest absolute Gasteiger partial charge is 0.410 e. The van der Waals surface area contributed by atoms with Gasteiger partial charge in [-0.05, 0) is 19.8 Å². The molecule has 5 heteroatoms. The topological polar surface area (TPSA) is 55.8 Å². The van der Waals surface area contributed by atoms with Crippen LogP contribution in [0.2, 0.25) is 0 Å². The Morgan fingerprint density at radius 1 is 1.19 bits per heavy atom. The van der Waals surface area contributed by atoms with Gasteiger partial charge in [-0.15, -0.1) is 0 Å². The number of carbonyl (C=O) groups excluding carboxylic acids is 2. The summed E-state index contributed by atoms with van der Waals surface area (Å²) in [7, 11) is 1.29. The summed E-state index contributed by atoms with van der Waals surface area (Å²) in [6.45, 7) is 7.81. The van der Waals surface area contributed by atoms with Gasteiger partial charge in [-0.25, -0.2) is 4.79 Å². The van der Waals surface area contributed by atoms with E-state index in [0.29, 0.717) is 6.61 Å². The molecule has 0 radical (unpaired) electrons. The Morgan fingerprint density at radius 3 is 2.12 bits per heavy atom. The molecule has 0 aliphatic rings. The van der Waals surface area contributed by atoms with Gasteiger partial charge in [0.1, 0.15) is 6.54 Å². The number of methoxy groups -OCH3 is 1. The van der Waals surface area contributed by atoms with E-state index >= 15 is 0 Å². The number of rotatable bonds is 5. The van der Waals surface area contributed by atoms with Crippen LogP contribution in [0.25, 0.3) is 0 Å². The van der Waals surface area contributed by atoms with Gasteiger partial charge in [0.25, 0.3) is 0 Å². The molecule has 0 saturated heterocycles. The fraction of sp³-hybridized carbons (Fsp3) is 0.818. The van der Waals surface area contributed by atoms with E-state index < -0.39 is 12.1 Å². The lowest BCUT2D eigenvalue weighted by Crippen LogP contribution is -2.41. The molecule has 0 aliphatic carbocycles. The molecule has 94 valence electrons. The first-order chi connectivity index (χ1) is 7.38. The van der Waals surface area contributed by atoms with Crippen LogP contribution >= 0.6 is 0 Å². The van der Waals surface area contributed by atoms with Gasteiger partial charge in [-0.2, -0.15) is 0 Å². The molecule has 0 bridgehead atoms. The minimum absolute atomic E-state index is 0.0783. The maximum absolute atomic E-state index is 11.6. The number of hydrogen-bond acceptors (Lipinski definition) is 4. The quantitative estimate of drug-likeness (QED) is 0.675. The number of amides is 1. The van der Waals surface area contributed by atoms with Gasteiger partial charge in [-0.1, -0.05) is 13.8 Å². The van der Waals surface area contributed by atoms with Gasteiger partial charge >= 0.3 is 12.1 Å². The standard InChI is InChI=1S/C11H21NO4/c1-8(2)7-16-11(14)12(9(3)4)6-10(13)15-5/h8-9H,6-7H2,1-5H3. The summed E-state index contributed by atoms with van der Waals surface area (Å²) in [5.41, 5.74) is 0.